The van der Waals surface area contributed by atoms with Crippen molar-refractivity contribution >= 4 is 41.1 Å². The second-order valence-electron chi connectivity index (χ2n) is 3.41. The van der Waals surface area contributed by atoms with Crippen molar-refractivity contribution in [1.82, 2.24) is 9.97 Å². The molecule has 8 heteroatoms. The van der Waals surface area contributed by atoms with Gasteiger partial charge in [-0.3, -0.25) is 0 Å². The summed E-state index contributed by atoms with van der Waals surface area (Å²) in [6.45, 7) is 0. The second-order valence-corrected chi connectivity index (χ2v) is 5.74. The quantitative estimate of drug-likeness (QED) is 0.421. The van der Waals surface area contributed by atoms with Gasteiger partial charge in [-0.05, 0) is 30.5 Å². The van der Waals surface area contributed by atoms with Crippen LogP contribution in [0.2, 0.25) is 5.02 Å². The third-order valence-corrected chi connectivity index (χ3v) is 3.99. The molecule has 0 atom stereocenters. The molecule has 4 nitrogen and oxygen atoms in total. The van der Waals surface area contributed by atoms with Crippen LogP contribution in [0.1, 0.15) is 10.5 Å². The predicted octanol–water partition coefficient (Wildman–Crippen LogP) is -0.629. The topological polar surface area (TPSA) is 65.9 Å². The first-order valence-corrected chi connectivity index (χ1v) is 7.58. The summed E-state index contributed by atoms with van der Waals surface area (Å²) >= 11 is 8.33. The normalized spacial score (nSPS) is 9.90. The van der Waals surface area contributed by atoms with Crippen LogP contribution in [-0.2, 0) is 0 Å². The minimum Gasteiger partial charge on any atom is -0.543 e. The summed E-state index contributed by atoms with van der Waals surface area (Å²) in [5.74, 6) is -1.31. The summed E-state index contributed by atoms with van der Waals surface area (Å²) in [5, 5.41) is 12.1. The van der Waals surface area contributed by atoms with E-state index in [0.29, 0.717) is 15.1 Å². The number of carboxylic acid groups (broad SMARTS) is 1. The molecule has 0 radical (unpaired) electrons. The molecular weight excluding hydrogens is 327 g/mol. The van der Waals surface area contributed by atoms with Crippen molar-refractivity contribution in [2.75, 3.05) is 6.26 Å². The van der Waals surface area contributed by atoms with E-state index in [1.165, 1.54) is 29.7 Å². The Balaban J connectivity index is 0.00000200. The monoisotopic (exact) mass is 334 g/mol. The van der Waals surface area contributed by atoms with Crippen LogP contribution in [0.3, 0.4) is 0 Å². The van der Waals surface area contributed by atoms with Crippen LogP contribution < -0.4 is 34.7 Å². The van der Waals surface area contributed by atoms with Crippen LogP contribution in [0, 0.1) is 0 Å². The van der Waals surface area contributed by atoms with Gasteiger partial charge in [-0.15, -0.1) is 0 Å². The summed E-state index contributed by atoms with van der Waals surface area (Å²) in [5.41, 5.74) is -0.0979. The molecule has 20 heavy (non-hydrogen) atoms. The van der Waals surface area contributed by atoms with E-state index in [9.17, 15) is 9.90 Å². The Morgan fingerprint density at radius 1 is 1.30 bits per heavy atom. The van der Waals surface area contributed by atoms with E-state index < -0.39 is 5.97 Å². The summed E-state index contributed by atoms with van der Waals surface area (Å²) in [6.07, 6.45) is 3.27. The number of hydrogen-bond donors (Lipinski definition) is 0. The van der Waals surface area contributed by atoms with Crippen molar-refractivity contribution in [1.29, 1.82) is 0 Å². The molecule has 0 aliphatic heterocycles. The van der Waals surface area contributed by atoms with Gasteiger partial charge in [-0.1, -0.05) is 35.1 Å². The number of thioether (sulfide) groups is 1. The van der Waals surface area contributed by atoms with E-state index in [2.05, 4.69) is 9.97 Å². The van der Waals surface area contributed by atoms with Crippen LogP contribution in [0.15, 0.2) is 45.4 Å². The Hall–Kier alpha value is -0.240. The van der Waals surface area contributed by atoms with E-state index in [0.717, 1.165) is 4.90 Å². The van der Waals surface area contributed by atoms with Crippen molar-refractivity contribution < 1.29 is 39.5 Å². The first kappa shape index (κ1) is 17.8. The first-order chi connectivity index (χ1) is 9.10. The molecule has 0 saturated carbocycles. The molecule has 0 amide bonds. The van der Waals surface area contributed by atoms with Crippen LogP contribution in [0.25, 0.3) is 0 Å². The average Bonchev–Trinajstić information content (AvgIpc) is 2.41. The maximum atomic E-state index is 11.1. The molecule has 0 fully saturated rings. The summed E-state index contributed by atoms with van der Waals surface area (Å²) in [7, 11) is 0. The number of carbonyl (C=O) groups excluding carboxylic acids is 1. The summed E-state index contributed by atoms with van der Waals surface area (Å²) in [6, 6.07) is 7.07. The van der Waals surface area contributed by atoms with Crippen LogP contribution in [-0.4, -0.2) is 22.2 Å². The van der Waals surface area contributed by atoms with Gasteiger partial charge in [0.15, 0.2) is 5.16 Å². The number of aromatic nitrogens is 2. The largest absolute Gasteiger partial charge is 1.00 e. The van der Waals surface area contributed by atoms with Gasteiger partial charge < -0.3 is 9.90 Å². The van der Waals surface area contributed by atoms with Crippen molar-refractivity contribution in [2.24, 2.45) is 0 Å². The van der Waals surface area contributed by atoms with E-state index >= 15 is 0 Å². The third-order valence-electron chi connectivity index (χ3n) is 2.15. The Bertz CT molecular complexity index is 611. The number of carboxylic acids is 1. The first-order valence-electron chi connectivity index (χ1n) is 5.16. The number of carbonyl (C=O) groups is 1. The fraction of sp³-hybridized carbons (Fsp3) is 0.0833. The molecule has 1 aromatic heterocycles. The van der Waals surface area contributed by atoms with Crippen molar-refractivity contribution in [3.8, 4) is 0 Å². The molecule has 0 N–H and O–H groups in total. The molecule has 0 spiro atoms. The van der Waals surface area contributed by atoms with Crippen LogP contribution in [0.5, 0.6) is 0 Å². The fourth-order valence-electron chi connectivity index (χ4n) is 1.30. The van der Waals surface area contributed by atoms with Crippen molar-refractivity contribution in [3.63, 3.8) is 0 Å². The Morgan fingerprint density at radius 2 is 1.95 bits per heavy atom. The maximum absolute atomic E-state index is 11.1. The third kappa shape index (κ3) is 4.65. The Labute approximate surface area is 152 Å². The number of halogens is 1. The average molecular weight is 335 g/mol. The zero-order valence-electron chi connectivity index (χ0n) is 10.8. The molecule has 1 heterocycles. The Kier molecular flexibility index (Phi) is 7.36. The van der Waals surface area contributed by atoms with E-state index in [-0.39, 0.29) is 35.3 Å². The molecule has 2 aromatic rings. The zero-order chi connectivity index (χ0) is 13.8. The van der Waals surface area contributed by atoms with E-state index in [1.54, 1.807) is 30.5 Å². The molecule has 0 unspecified atom stereocenters. The number of benzene rings is 1. The van der Waals surface area contributed by atoms with Gasteiger partial charge >= 0.3 is 29.6 Å². The molecular formula is C12H8ClN2NaO2S2. The molecule has 98 valence electrons. The SMILES string of the molecule is CSc1ncc(Sc2ccc(Cl)cc2)c(C(=O)[O-])n1.[Na+]. The zero-order valence-corrected chi connectivity index (χ0v) is 15.2. The minimum atomic E-state index is -1.31. The van der Waals surface area contributed by atoms with Gasteiger partial charge in [0.2, 0.25) is 0 Å². The number of hydrogen-bond acceptors (Lipinski definition) is 6. The fourth-order valence-corrected chi connectivity index (χ4v) is 2.63. The number of nitrogens with zero attached hydrogens (tertiary/aromatic N) is 2. The van der Waals surface area contributed by atoms with Crippen molar-refractivity contribution in [3.05, 3.63) is 41.2 Å². The smallest absolute Gasteiger partial charge is 0.543 e. The summed E-state index contributed by atoms with van der Waals surface area (Å²) < 4.78 is 0. The standard InChI is InChI=1S/C12H9ClN2O2S2.Na/c1-18-12-14-6-9(10(15-12)11(16)17)19-8-4-2-7(13)3-5-8;/h2-6H,1H3,(H,16,17);/q;+1/p-1. The van der Waals surface area contributed by atoms with E-state index in [1.807, 2.05) is 0 Å². The molecule has 1 aromatic carbocycles. The van der Waals surface area contributed by atoms with Gasteiger partial charge in [0.25, 0.3) is 0 Å². The summed E-state index contributed by atoms with van der Waals surface area (Å²) in [4.78, 5) is 20.4. The molecule has 0 bridgehead atoms. The van der Waals surface area contributed by atoms with Gasteiger partial charge in [0.05, 0.1) is 10.9 Å². The van der Waals surface area contributed by atoms with Gasteiger partial charge in [0.1, 0.15) is 5.69 Å². The minimum absolute atomic E-state index is 0. The van der Waals surface area contributed by atoms with Crippen molar-refractivity contribution in [2.45, 2.75) is 14.9 Å². The molecule has 0 saturated heterocycles. The van der Waals surface area contributed by atoms with Crippen LogP contribution >= 0.6 is 35.1 Å². The molecule has 2 rings (SSSR count). The van der Waals surface area contributed by atoms with Crippen LogP contribution in [0.4, 0.5) is 0 Å². The second kappa shape index (κ2) is 8.26. The Morgan fingerprint density at radius 3 is 2.50 bits per heavy atom. The molecule has 0 aliphatic carbocycles. The van der Waals surface area contributed by atoms with Gasteiger partial charge in [-0.25, -0.2) is 9.97 Å². The van der Waals surface area contributed by atoms with Gasteiger partial charge in [-0.2, -0.15) is 0 Å². The van der Waals surface area contributed by atoms with Gasteiger partial charge in [0, 0.05) is 16.1 Å². The number of aromatic carboxylic acids is 1. The van der Waals surface area contributed by atoms with E-state index in [4.69, 9.17) is 11.6 Å². The maximum Gasteiger partial charge on any atom is 1.00 e. The molecule has 0 aliphatic rings. The predicted molar refractivity (Wildman–Crippen MR) is 73.7 cm³/mol. The number of rotatable bonds is 4.